The first-order valence-electron chi connectivity index (χ1n) is 6.53. The van der Waals surface area contributed by atoms with E-state index in [2.05, 4.69) is 10.6 Å². The Balaban J connectivity index is 4.96. The molecule has 0 spiro atoms. The van der Waals surface area contributed by atoms with E-state index in [1.54, 1.807) is 13.8 Å². The van der Waals surface area contributed by atoms with Crippen molar-refractivity contribution in [2.24, 2.45) is 17.4 Å². The standard InChI is InChI=1S/C12H22N4O5/c1-3-6(2)10(12(20)21)16-11(19)7(4-8(14)17)15-9(18)5-13/h6-7,10H,3-5,13H2,1-2H3,(H2,14,17)(H,15,18)(H,16,19)(H,20,21). The van der Waals surface area contributed by atoms with E-state index in [1.807, 2.05) is 0 Å². The van der Waals surface area contributed by atoms with Gasteiger partial charge in [-0.15, -0.1) is 0 Å². The monoisotopic (exact) mass is 302 g/mol. The molecule has 3 amide bonds. The highest BCUT2D eigenvalue weighted by Gasteiger charge is 2.30. The van der Waals surface area contributed by atoms with Crippen LogP contribution in [0.5, 0.6) is 0 Å². The maximum atomic E-state index is 12.0. The number of carboxylic acids is 1. The van der Waals surface area contributed by atoms with Crippen LogP contribution in [0.1, 0.15) is 26.7 Å². The fraction of sp³-hybridized carbons (Fsp3) is 0.667. The molecule has 9 nitrogen and oxygen atoms in total. The second kappa shape index (κ2) is 8.90. The summed E-state index contributed by atoms with van der Waals surface area (Å²) in [5.74, 6) is -3.75. The lowest BCUT2D eigenvalue weighted by atomic mass is 9.98. The minimum absolute atomic E-state index is 0.314. The summed E-state index contributed by atoms with van der Waals surface area (Å²) >= 11 is 0. The number of hydrogen-bond donors (Lipinski definition) is 5. The number of aliphatic carboxylic acids is 1. The van der Waals surface area contributed by atoms with Gasteiger partial charge in [0.05, 0.1) is 13.0 Å². The Morgan fingerprint density at radius 3 is 2.14 bits per heavy atom. The molecule has 3 unspecified atom stereocenters. The largest absolute Gasteiger partial charge is 0.480 e. The van der Waals surface area contributed by atoms with E-state index >= 15 is 0 Å². The van der Waals surface area contributed by atoms with Crippen molar-refractivity contribution in [3.63, 3.8) is 0 Å². The summed E-state index contributed by atoms with van der Waals surface area (Å²) in [5, 5.41) is 13.6. The number of nitrogens with one attached hydrogen (secondary N) is 2. The molecule has 0 saturated carbocycles. The zero-order valence-electron chi connectivity index (χ0n) is 12.1. The maximum absolute atomic E-state index is 12.0. The molecule has 0 aromatic heterocycles. The number of amides is 3. The fourth-order valence-corrected chi connectivity index (χ4v) is 1.60. The highest BCUT2D eigenvalue weighted by molar-refractivity contribution is 5.93. The van der Waals surface area contributed by atoms with Crippen molar-refractivity contribution in [1.82, 2.24) is 10.6 Å². The second-order valence-electron chi connectivity index (χ2n) is 4.70. The van der Waals surface area contributed by atoms with Crippen molar-refractivity contribution < 1.29 is 24.3 Å². The van der Waals surface area contributed by atoms with Crippen LogP contribution in [0.25, 0.3) is 0 Å². The number of rotatable bonds is 9. The zero-order chi connectivity index (χ0) is 16.6. The summed E-state index contributed by atoms with van der Waals surface area (Å²) in [6.07, 6.45) is 0.0946. The third-order valence-electron chi connectivity index (χ3n) is 3.02. The number of nitrogens with two attached hydrogens (primary N) is 2. The molecule has 3 atom stereocenters. The van der Waals surface area contributed by atoms with Crippen LogP contribution in [0.3, 0.4) is 0 Å². The van der Waals surface area contributed by atoms with Gasteiger partial charge in [0.1, 0.15) is 12.1 Å². The van der Waals surface area contributed by atoms with Crippen LogP contribution in [0.2, 0.25) is 0 Å². The van der Waals surface area contributed by atoms with Crippen LogP contribution in [-0.2, 0) is 19.2 Å². The molecule has 0 aromatic carbocycles. The predicted molar refractivity (Wildman–Crippen MR) is 73.8 cm³/mol. The third-order valence-corrected chi connectivity index (χ3v) is 3.02. The molecule has 120 valence electrons. The van der Waals surface area contributed by atoms with Crippen LogP contribution in [0.15, 0.2) is 0 Å². The van der Waals surface area contributed by atoms with E-state index in [9.17, 15) is 19.2 Å². The third kappa shape index (κ3) is 6.70. The van der Waals surface area contributed by atoms with Gasteiger partial charge in [-0.05, 0) is 5.92 Å². The van der Waals surface area contributed by atoms with E-state index in [4.69, 9.17) is 16.6 Å². The van der Waals surface area contributed by atoms with Crippen LogP contribution < -0.4 is 22.1 Å². The molecule has 0 bridgehead atoms. The number of primary amides is 1. The SMILES string of the molecule is CCC(C)C(NC(=O)C(CC(N)=O)NC(=O)CN)C(=O)O. The molecular weight excluding hydrogens is 280 g/mol. The molecule has 0 aromatic rings. The zero-order valence-corrected chi connectivity index (χ0v) is 12.1. The predicted octanol–water partition coefficient (Wildman–Crippen LogP) is -2.08. The quantitative estimate of drug-likeness (QED) is 0.328. The summed E-state index contributed by atoms with van der Waals surface area (Å²) < 4.78 is 0. The van der Waals surface area contributed by atoms with Crippen molar-refractivity contribution in [1.29, 1.82) is 0 Å². The number of carboxylic acid groups (broad SMARTS) is 1. The van der Waals surface area contributed by atoms with E-state index in [0.29, 0.717) is 6.42 Å². The van der Waals surface area contributed by atoms with Crippen molar-refractivity contribution in [3.8, 4) is 0 Å². The Morgan fingerprint density at radius 1 is 1.19 bits per heavy atom. The van der Waals surface area contributed by atoms with Crippen LogP contribution >= 0.6 is 0 Å². The highest BCUT2D eigenvalue weighted by atomic mass is 16.4. The molecule has 21 heavy (non-hydrogen) atoms. The highest BCUT2D eigenvalue weighted by Crippen LogP contribution is 2.08. The van der Waals surface area contributed by atoms with E-state index in [-0.39, 0.29) is 12.5 Å². The lowest BCUT2D eigenvalue weighted by Crippen LogP contribution is -2.55. The van der Waals surface area contributed by atoms with Crippen molar-refractivity contribution in [2.45, 2.75) is 38.8 Å². The first kappa shape index (κ1) is 18.8. The van der Waals surface area contributed by atoms with Gasteiger partial charge >= 0.3 is 5.97 Å². The van der Waals surface area contributed by atoms with Gasteiger partial charge in [0, 0.05) is 0 Å². The van der Waals surface area contributed by atoms with Crippen molar-refractivity contribution in [3.05, 3.63) is 0 Å². The summed E-state index contributed by atoms with van der Waals surface area (Å²) in [5.41, 5.74) is 10.1. The lowest BCUT2D eigenvalue weighted by Gasteiger charge is -2.23. The normalized spacial score (nSPS) is 14.6. The molecule has 0 aliphatic rings. The Morgan fingerprint density at radius 2 is 1.76 bits per heavy atom. The van der Waals surface area contributed by atoms with Crippen LogP contribution in [-0.4, -0.2) is 47.4 Å². The molecule has 0 rings (SSSR count). The van der Waals surface area contributed by atoms with Crippen LogP contribution in [0.4, 0.5) is 0 Å². The molecule has 0 saturated heterocycles. The molecule has 0 aliphatic heterocycles. The number of carbonyl (C=O) groups excluding carboxylic acids is 3. The molecule has 7 N–H and O–H groups in total. The minimum atomic E-state index is -1.25. The van der Waals surface area contributed by atoms with E-state index in [1.165, 1.54) is 0 Å². The topological polar surface area (TPSA) is 165 Å². The molecule has 0 heterocycles. The van der Waals surface area contributed by atoms with Crippen molar-refractivity contribution in [2.75, 3.05) is 6.54 Å². The maximum Gasteiger partial charge on any atom is 0.326 e. The molecule has 9 heteroatoms. The van der Waals surface area contributed by atoms with Gasteiger partial charge in [-0.25, -0.2) is 4.79 Å². The molecule has 0 fully saturated rings. The minimum Gasteiger partial charge on any atom is -0.480 e. The Kier molecular flexibility index (Phi) is 7.99. The molecule has 0 radical (unpaired) electrons. The van der Waals surface area contributed by atoms with Crippen molar-refractivity contribution >= 4 is 23.7 Å². The average Bonchev–Trinajstić information content (AvgIpc) is 2.41. The lowest BCUT2D eigenvalue weighted by molar-refractivity contribution is -0.143. The van der Waals surface area contributed by atoms with Gasteiger partial charge < -0.3 is 27.2 Å². The number of carbonyl (C=O) groups is 4. The first-order chi connectivity index (χ1) is 9.72. The Hall–Kier alpha value is -2.16. The summed E-state index contributed by atoms with van der Waals surface area (Å²) in [6, 6.07) is -2.36. The smallest absolute Gasteiger partial charge is 0.326 e. The Labute approximate surface area is 122 Å². The second-order valence-corrected chi connectivity index (χ2v) is 4.70. The van der Waals surface area contributed by atoms with Gasteiger partial charge in [0.15, 0.2) is 0 Å². The molecular formula is C12H22N4O5. The summed E-state index contributed by atoms with van der Waals surface area (Å²) in [7, 11) is 0. The van der Waals surface area contributed by atoms with Gasteiger partial charge in [-0.2, -0.15) is 0 Å². The molecule has 0 aliphatic carbocycles. The van der Waals surface area contributed by atoms with Crippen LogP contribution in [0, 0.1) is 5.92 Å². The van der Waals surface area contributed by atoms with E-state index in [0.717, 1.165) is 0 Å². The number of hydrogen-bond acceptors (Lipinski definition) is 5. The van der Waals surface area contributed by atoms with Gasteiger partial charge in [-0.1, -0.05) is 20.3 Å². The van der Waals surface area contributed by atoms with Gasteiger partial charge in [-0.3, -0.25) is 14.4 Å². The van der Waals surface area contributed by atoms with Gasteiger partial charge in [0.2, 0.25) is 17.7 Å². The summed E-state index contributed by atoms with van der Waals surface area (Å²) in [6.45, 7) is 3.08. The fourth-order valence-electron chi connectivity index (χ4n) is 1.60. The van der Waals surface area contributed by atoms with Gasteiger partial charge in [0.25, 0.3) is 0 Å². The Bertz CT molecular complexity index is 412. The first-order valence-corrected chi connectivity index (χ1v) is 6.53. The average molecular weight is 302 g/mol. The van der Waals surface area contributed by atoms with E-state index < -0.39 is 42.2 Å². The summed E-state index contributed by atoms with van der Waals surface area (Å²) in [4.78, 5) is 45.3.